The number of carbonyl (C=O) groups excluding carboxylic acids is 1. The number of hydrogen-bond donors (Lipinski definition) is 1. The molecule has 1 amide bonds. The van der Waals surface area contributed by atoms with Crippen LogP contribution in [0.1, 0.15) is 23.2 Å². The third-order valence-corrected chi connectivity index (χ3v) is 4.23. The second-order valence-corrected chi connectivity index (χ2v) is 5.51. The Morgan fingerprint density at radius 3 is 2.20 bits per heavy atom. The number of aliphatic hydroxyl groups excluding tert-OH is 1. The molecule has 110 valence electrons. The van der Waals surface area contributed by atoms with Crippen LogP contribution in [0.25, 0.3) is 0 Å². The van der Waals surface area contributed by atoms with E-state index in [1.54, 1.807) is 31.3 Å². The highest BCUT2D eigenvalue weighted by Crippen LogP contribution is 2.36. The molecule has 5 nitrogen and oxygen atoms in total. The van der Waals surface area contributed by atoms with Crippen molar-refractivity contribution in [3.05, 3.63) is 22.2 Å². The summed E-state index contributed by atoms with van der Waals surface area (Å²) in [6, 6.07) is 3.39. The SMILES string of the molecule is COc1cc(C(=O)N2CCC(O)CC2)cc(OC)c1Br. The summed E-state index contributed by atoms with van der Waals surface area (Å²) < 4.78 is 11.2. The van der Waals surface area contributed by atoms with E-state index in [4.69, 9.17) is 9.47 Å². The number of hydrogen-bond acceptors (Lipinski definition) is 4. The van der Waals surface area contributed by atoms with Crippen molar-refractivity contribution in [2.45, 2.75) is 18.9 Å². The van der Waals surface area contributed by atoms with Gasteiger partial charge in [0.1, 0.15) is 16.0 Å². The van der Waals surface area contributed by atoms with Gasteiger partial charge in [0.2, 0.25) is 0 Å². The lowest BCUT2D eigenvalue weighted by molar-refractivity contribution is 0.0546. The lowest BCUT2D eigenvalue weighted by Gasteiger charge is -2.29. The summed E-state index contributed by atoms with van der Waals surface area (Å²) in [5, 5.41) is 9.50. The molecule has 0 bridgehead atoms. The van der Waals surface area contributed by atoms with Gasteiger partial charge < -0.3 is 19.5 Å². The molecule has 1 N–H and O–H groups in total. The van der Waals surface area contributed by atoms with Gasteiger partial charge in [0.15, 0.2) is 0 Å². The zero-order valence-corrected chi connectivity index (χ0v) is 13.1. The van der Waals surface area contributed by atoms with Gasteiger partial charge in [0.05, 0.1) is 20.3 Å². The predicted molar refractivity (Wildman–Crippen MR) is 78.4 cm³/mol. The summed E-state index contributed by atoms with van der Waals surface area (Å²) in [5.41, 5.74) is 0.526. The summed E-state index contributed by atoms with van der Waals surface area (Å²) in [6.07, 6.45) is 0.945. The van der Waals surface area contributed by atoms with Gasteiger partial charge in [-0.2, -0.15) is 0 Å². The molecule has 1 aromatic carbocycles. The molecule has 0 aliphatic carbocycles. The molecule has 1 aliphatic rings. The minimum absolute atomic E-state index is 0.0685. The van der Waals surface area contributed by atoms with E-state index >= 15 is 0 Å². The lowest BCUT2D eigenvalue weighted by Crippen LogP contribution is -2.40. The average molecular weight is 344 g/mol. The highest BCUT2D eigenvalue weighted by molar-refractivity contribution is 9.10. The molecular formula is C14H18BrNO4. The van der Waals surface area contributed by atoms with Crippen molar-refractivity contribution in [1.82, 2.24) is 4.90 Å². The van der Waals surface area contributed by atoms with Crippen molar-refractivity contribution in [2.75, 3.05) is 27.3 Å². The zero-order chi connectivity index (χ0) is 14.7. The van der Waals surface area contributed by atoms with Crippen molar-refractivity contribution in [3.63, 3.8) is 0 Å². The third kappa shape index (κ3) is 3.07. The van der Waals surface area contributed by atoms with Crippen LogP contribution in [-0.2, 0) is 0 Å². The normalized spacial score (nSPS) is 16.1. The molecule has 0 spiro atoms. The predicted octanol–water partition coefficient (Wildman–Crippen LogP) is 2.06. The molecule has 1 aliphatic heterocycles. The first-order valence-corrected chi connectivity index (χ1v) is 7.25. The van der Waals surface area contributed by atoms with Crippen LogP contribution in [0.5, 0.6) is 11.5 Å². The fraction of sp³-hybridized carbons (Fsp3) is 0.500. The molecule has 20 heavy (non-hydrogen) atoms. The Kier molecular flexibility index (Phi) is 4.88. The Labute approximate surface area is 126 Å². The first-order chi connectivity index (χ1) is 9.56. The fourth-order valence-corrected chi connectivity index (χ4v) is 2.80. The number of halogens is 1. The molecule has 1 aromatic rings. The van der Waals surface area contributed by atoms with Gasteiger partial charge in [-0.3, -0.25) is 4.79 Å². The van der Waals surface area contributed by atoms with E-state index in [9.17, 15) is 9.90 Å². The van der Waals surface area contributed by atoms with E-state index in [0.717, 1.165) is 0 Å². The van der Waals surface area contributed by atoms with E-state index in [1.165, 1.54) is 0 Å². The Morgan fingerprint density at radius 1 is 1.25 bits per heavy atom. The number of likely N-dealkylation sites (tertiary alicyclic amines) is 1. The van der Waals surface area contributed by atoms with Crippen LogP contribution < -0.4 is 9.47 Å². The Balaban J connectivity index is 2.25. The van der Waals surface area contributed by atoms with E-state index in [2.05, 4.69) is 15.9 Å². The third-order valence-electron chi connectivity index (χ3n) is 3.44. The number of carbonyl (C=O) groups is 1. The quantitative estimate of drug-likeness (QED) is 0.912. The summed E-state index contributed by atoms with van der Waals surface area (Å²) in [7, 11) is 3.09. The summed E-state index contributed by atoms with van der Waals surface area (Å²) in [4.78, 5) is 14.2. The second kappa shape index (κ2) is 6.45. The molecule has 1 heterocycles. The van der Waals surface area contributed by atoms with Gasteiger partial charge >= 0.3 is 0 Å². The molecule has 0 saturated carbocycles. The Morgan fingerprint density at radius 2 is 1.75 bits per heavy atom. The summed E-state index contributed by atoms with van der Waals surface area (Å²) in [5.74, 6) is 1.05. The van der Waals surface area contributed by atoms with Crippen LogP contribution in [-0.4, -0.2) is 49.3 Å². The van der Waals surface area contributed by atoms with Gasteiger partial charge in [-0.05, 0) is 40.9 Å². The van der Waals surface area contributed by atoms with E-state index in [0.29, 0.717) is 47.5 Å². The smallest absolute Gasteiger partial charge is 0.254 e. The number of nitrogens with zero attached hydrogens (tertiary/aromatic N) is 1. The largest absolute Gasteiger partial charge is 0.495 e. The molecule has 1 fully saturated rings. The number of benzene rings is 1. The first-order valence-electron chi connectivity index (χ1n) is 6.45. The number of rotatable bonds is 3. The van der Waals surface area contributed by atoms with Crippen LogP contribution in [0.15, 0.2) is 16.6 Å². The number of amides is 1. The van der Waals surface area contributed by atoms with E-state index in [-0.39, 0.29) is 12.0 Å². The van der Waals surface area contributed by atoms with Gasteiger partial charge in [0.25, 0.3) is 5.91 Å². The highest BCUT2D eigenvalue weighted by Gasteiger charge is 2.24. The Hall–Kier alpha value is -1.27. The minimum Gasteiger partial charge on any atom is -0.495 e. The maximum Gasteiger partial charge on any atom is 0.254 e. The van der Waals surface area contributed by atoms with Gasteiger partial charge in [-0.25, -0.2) is 0 Å². The van der Waals surface area contributed by atoms with Gasteiger partial charge in [-0.15, -0.1) is 0 Å². The molecule has 2 rings (SSSR count). The van der Waals surface area contributed by atoms with Crippen LogP contribution >= 0.6 is 15.9 Å². The lowest BCUT2D eigenvalue weighted by atomic mass is 10.1. The monoisotopic (exact) mass is 343 g/mol. The van der Waals surface area contributed by atoms with Crippen LogP contribution in [0.3, 0.4) is 0 Å². The molecule has 0 unspecified atom stereocenters. The molecule has 0 aromatic heterocycles. The first kappa shape index (κ1) is 15.1. The fourth-order valence-electron chi connectivity index (χ4n) is 2.24. The van der Waals surface area contributed by atoms with E-state index < -0.39 is 0 Å². The molecule has 0 radical (unpaired) electrons. The summed E-state index contributed by atoms with van der Waals surface area (Å²) >= 11 is 3.38. The van der Waals surface area contributed by atoms with Crippen LogP contribution in [0.4, 0.5) is 0 Å². The van der Waals surface area contributed by atoms with Crippen molar-refractivity contribution >= 4 is 21.8 Å². The maximum absolute atomic E-state index is 12.5. The molecule has 6 heteroatoms. The zero-order valence-electron chi connectivity index (χ0n) is 11.6. The van der Waals surface area contributed by atoms with Crippen LogP contribution in [0, 0.1) is 0 Å². The minimum atomic E-state index is -0.298. The molecule has 0 atom stereocenters. The van der Waals surface area contributed by atoms with Gasteiger partial charge in [0, 0.05) is 18.7 Å². The Bertz CT molecular complexity index is 473. The molecular weight excluding hydrogens is 326 g/mol. The van der Waals surface area contributed by atoms with Crippen LogP contribution in [0.2, 0.25) is 0 Å². The van der Waals surface area contributed by atoms with Gasteiger partial charge in [-0.1, -0.05) is 0 Å². The van der Waals surface area contributed by atoms with Crippen molar-refractivity contribution < 1.29 is 19.4 Å². The number of ether oxygens (including phenoxy) is 2. The standard InChI is InChI=1S/C14H18BrNO4/c1-19-11-7-9(8-12(20-2)13(11)15)14(18)16-5-3-10(17)4-6-16/h7-8,10,17H,3-6H2,1-2H3. The number of aliphatic hydroxyl groups is 1. The number of piperidine rings is 1. The van der Waals surface area contributed by atoms with Crippen molar-refractivity contribution in [1.29, 1.82) is 0 Å². The average Bonchev–Trinajstić information content (AvgIpc) is 2.47. The van der Waals surface area contributed by atoms with Crippen molar-refractivity contribution in [3.8, 4) is 11.5 Å². The highest BCUT2D eigenvalue weighted by atomic mass is 79.9. The summed E-state index contributed by atoms with van der Waals surface area (Å²) in [6.45, 7) is 1.14. The van der Waals surface area contributed by atoms with E-state index in [1.807, 2.05) is 0 Å². The second-order valence-electron chi connectivity index (χ2n) is 4.72. The van der Waals surface area contributed by atoms with Crippen molar-refractivity contribution in [2.24, 2.45) is 0 Å². The topological polar surface area (TPSA) is 59.0 Å². The number of methoxy groups -OCH3 is 2. The maximum atomic E-state index is 12.5. The molecule has 1 saturated heterocycles.